The Hall–Kier alpha value is -0.930. The Labute approximate surface area is 109 Å². The molecule has 1 aliphatic rings. The van der Waals surface area contributed by atoms with E-state index in [0.717, 1.165) is 18.5 Å². The third-order valence-corrected chi connectivity index (χ3v) is 3.70. The van der Waals surface area contributed by atoms with E-state index in [2.05, 4.69) is 24.5 Å². The summed E-state index contributed by atoms with van der Waals surface area (Å²) in [5, 5.41) is 7.10. The zero-order valence-corrected chi connectivity index (χ0v) is 11.2. The Kier molecular flexibility index (Phi) is 4.72. The molecule has 1 aromatic rings. The maximum Gasteiger partial charge on any atom is 0.123 e. The zero-order valence-electron chi connectivity index (χ0n) is 11.2. The van der Waals surface area contributed by atoms with Gasteiger partial charge in [0.05, 0.1) is 0 Å². The maximum absolute atomic E-state index is 12.9. The molecule has 0 saturated carbocycles. The molecule has 0 aliphatic carbocycles. The highest BCUT2D eigenvalue weighted by Gasteiger charge is 2.18. The lowest BCUT2D eigenvalue weighted by atomic mass is 10.0. The Bertz CT molecular complexity index is 357. The van der Waals surface area contributed by atoms with E-state index in [9.17, 15) is 4.39 Å². The summed E-state index contributed by atoms with van der Waals surface area (Å²) >= 11 is 0. The summed E-state index contributed by atoms with van der Waals surface area (Å²) in [6, 6.07) is 8.16. The molecule has 2 rings (SSSR count). The van der Waals surface area contributed by atoms with Gasteiger partial charge in [0, 0.05) is 18.1 Å². The molecule has 1 aromatic carbocycles. The fraction of sp³-hybridized carbons (Fsp3) is 0.600. The van der Waals surface area contributed by atoms with Crippen molar-refractivity contribution in [2.45, 2.75) is 51.2 Å². The molecule has 3 heteroatoms. The summed E-state index contributed by atoms with van der Waals surface area (Å²) in [5.41, 5.74) is 1.14. The molecule has 0 aromatic heterocycles. The predicted octanol–water partition coefficient (Wildman–Crippen LogP) is 3.01. The first-order valence-corrected chi connectivity index (χ1v) is 6.90. The molecule has 2 nitrogen and oxygen atoms in total. The van der Waals surface area contributed by atoms with Crippen molar-refractivity contribution < 1.29 is 4.39 Å². The number of rotatable bonds is 5. The molecule has 18 heavy (non-hydrogen) atoms. The van der Waals surface area contributed by atoms with Crippen molar-refractivity contribution in [3.05, 3.63) is 35.6 Å². The minimum Gasteiger partial charge on any atom is -0.314 e. The first-order valence-electron chi connectivity index (χ1n) is 6.90. The van der Waals surface area contributed by atoms with E-state index in [1.807, 2.05) is 12.1 Å². The van der Waals surface area contributed by atoms with E-state index in [0.29, 0.717) is 12.1 Å². The Balaban J connectivity index is 1.82. The van der Waals surface area contributed by atoms with E-state index in [1.54, 1.807) is 0 Å². The van der Waals surface area contributed by atoms with Crippen molar-refractivity contribution in [1.82, 2.24) is 10.6 Å². The fourth-order valence-corrected chi connectivity index (χ4v) is 2.73. The topological polar surface area (TPSA) is 24.1 Å². The summed E-state index contributed by atoms with van der Waals surface area (Å²) in [6.45, 7) is 5.51. The molecule has 1 aliphatic heterocycles. The van der Waals surface area contributed by atoms with Gasteiger partial charge in [-0.3, -0.25) is 0 Å². The van der Waals surface area contributed by atoms with Gasteiger partial charge in [0.1, 0.15) is 5.82 Å². The van der Waals surface area contributed by atoms with Gasteiger partial charge in [0.15, 0.2) is 0 Å². The predicted molar refractivity (Wildman–Crippen MR) is 73.1 cm³/mol. The van der Waals surface area contributed by atoms with E-state index >= 15 is 0 Å². The van der Waals surface area contributed by atoms with Crippen LogP contribution >= 0.6 is 0 Å². The first-order chi connectivity index (χ1) is 8.65. The zero-order chi connectivity index (χ0) is 13.0. The van der Waals surface area contributed by atoms with Crippen LogP contribution in [0, 0.1) is 5.82 Å². The third-order valence-electron chi connectivity index (χ3n) is 3.70. The molecule has 1 heterocycles. The molecule has 1 fully saturated rings. The van der Waals surface area contributed by atoms with Gasteiger partial charge < -0.3 is 10.6 Å². The van der Waals surface area contributed by atoms with Crippen molar-refractivity contribution in [3.63, 3.8) is 0 Å². The summed E-state index contributed by atoms with van der Waals surface area (Å²) in [6.07, 6.45) is 3.74. The van der Waals surface area contributed by atoms with Crippen molar-refractivity contribution >= 4 is 0 Å². The monoisotopic (exact) mass is 250 g/mol. The van der Waals surface area contributed by atoms with Crippen LogP contribution in [0.1, 0.15) is 44.7 Å². The van der Waals surface area contributed by atoms with Gasteiger partial charge in [-0.2, -0.15) is 0 Å². The van der Waals surface area contributed by atoms with Crippen LogP contribution in [0.15, 0.2) is 24.3 Å². The molecular weight excluding hydrogens is 227 g/mol. The fourth-order valence-electron chi connectivity index (χ4n) is 2.73. The minimum absolute atomic E-state index is 0.172. The molecule has 3 atom stereocenters. The van der Waals surface area contributed by atoms with Gasteiger partial charge in [0.2, 0.25) is 0 Å². The molecular formula is C15H23FN2. The molecule has 2 N–H and O–H groups in total. The Morgan fingerprint density at radius 3 is 2.67 bits per heavy atom. The average Bonchev–Trinajstić information content (AvgIpc) is 2.82. The van der Waals surface area contributed by atoms with Crippen LogP contribution in [0.4, 0.5) is 4.39 Å². The lowest BCUT2D eigenvalue weighted by Crippen LogP contribution is -2.35. The van der Waals surface area contributed by atoms with E-state index in [-0.39, 0.29) is 11.9 Å². The van der Waals surface area contributed by atoms with Gasteiger partial charge in [-0.15, -0.1) is 0 Å². The number of nitrogens with one attached hydrogen (secondary N) is 2. The number of hydrogen-bond donors (Lipinski definition) is 2. The van der Waals surface area contributed by atoms with Crippen molar-refractivity contribution in [2.24, 2.45) is 0 Å². The van der Waals surface area contributed by atoms with E-state index < -0.39 is 0 Å². The standard InChI is InChI=1S/C15H23FN2/c1-11(10-15-4-3-9-17-15)18-12(2)13-5-7-14(16)8-6-13/h5-8,11-12,15,17-18H,3-4,9-10H2,1-2H3/t11?,12-,15?/m1/s1. The number of halogens is 1. The van der Waals surface area contributed by atoms with Gasteiger partial charge in [0.25, 0.3) is 0 Å². The SMILES string of the molecule is CC(CC1CCCN1)N[C@H](C)c1ccc(F)cc1. The first kappa shape index (κ1) is 13.5. The van der Waals surface area contributed by atoms with Gasteiger partial charge in [-0.05, 0) is 57.4 Å². The quantitative estimate of drug-likeness (QED) is 0.839. The second kappa shape index (κ2) is 6.30. The van der Waals surface area contributed by atoms with Crippen LogP contribution in [-0.2, 0) is 0 Å². The molecule has 0 radical (unpaired) electrons. The second-order valence-electron chi connectivity index (χ2n) is 5.37. The van der Waals surface area contributed by atoms with Crippen LogP contribution in [-0.4, -0.2) is 18.6 Å². The smallest absolute Gasteiger partial charge is 0.123 e. The van der Waals surface area contributed by atoms with Crippen LogP contribution in [0.3, 0.4) is 0 Å². The number of benzene rings is 1. The summed E-state index contributed by atoms with van der Waals surface area (Å²) in [7, 11) is 0. The van der Waals surface area contributed by atoms with Crippen molar-refractivity contribution in [1.29, 1.82) is 0 Å². The molecule has 2 unspecified atom stereocenters. The van der Waals surface area contributed by atoms with Crippen LogP contribution in [0.5, 0.6) is 0 Å². The highest BCUT2D eigenvalue weighted by Crippen LogP contribution is 2.16. The summed E-state index contributed by atoms with van der Waals surface area (Å²) < 4.78 is 12.9. The minimum atomic E-state index is -0.172. The molecule has 0 amide bonds. The largest absolute Gasteiger partial charge is 0.314 e. The maximum atomic E-state index is 12.9. The number of hydrogen-bond acceptors (Lipinski definition) is 2. The van der Waals surface area contributed by atoms with E-state index in [4.69, 9.17) is 0 Å². The highest BCUT2D eigenvalue weighted by molar-refractivity contribution is 5.19. The Morgan fingerprint density at radius 2 is 2.06 bits per heavy atom. The van der Waals surface area contributed by atoms with Crippen molar-refractivity contribution in [3.8, 4) is 0 Å². The Morgan fingerprint density at radius 1 is 1.33 bits per heavy atom. The third kappa shape index (κ3) is 3.79. The normalized spacial score (nSPS) is 22.9. The van der Waals surface area contributed by atoms with E-state index in [1.165, 1.54) is 25.0 Å². The lowest BCUT2D eigenvalue weighted by molar-refractivity contribution is 0.407. The molecule has 100 valence electrons. The molecule has 0 spiro atoms. The second-order valence-corrected chi connectivity index (χ2v) is 5.37. The lowest BCUT2D eigenvalue weighted by Gasteiger charge is -2.23. The van der Waals surface area contributed by atoms with Gasteiger partial charge >= 0.3 is 0 Å². The summed E-state index contributed by atoms with van der Waals surface area (Å²) in [5.74, 6) is -0.172. The van der Waals surface area contributed by atoms with Crippen LogP contribution < -0.4 is 10.6 Å². The van der Waals surface area contributed by atoms with Crippen molar-refractivity contribution in [2.75, 3.05) is 6.54 Å². The van der Waals surface area contributed by atoms with Gasteiger partial charge in [-0.25, -0.2) is 4.39 Å². The summed E-state index contributed by atoms with van der Waals surface area (Å²) in [4.78, 5) is 0. The molecule has 0 bridgehead atoms. The van der Waals surface area contributed by atoms with Crippen LogP contribution in [0.25, 0.3) is 0 Å². The highest BCUT2D eigenvalue weighted by atomic mass is 19.1. The average molecular weight is 250 g/mol. The van der Waals surface area contributed by atoms with Gasteiger partial charge in [-0.1, -0.05) is 12.1 Å². The molecule has 1 saturated heterocycles. The van der Waals surface area contributed by atoms with Crippen LogP contribution in [0.2, 0.25) is 0 Å².